The summed E-state index contributed by atoms with van der Waals surface area (Å²) < 4.78 is 0. The lowest BCUT2D eigenvalue weighted by molar-refractivity contribution is 0.131. The van der Waals surface area contributed by atoms with Gasteiger partial charge in [0.2, 0.25) is 0 Å². The summed E-state index contributed by atoms with van der Waals surface area (Å²) in [6, 6.07) is 0. The molecule has 0 bridgehead atoms. The summed E-state index contributed by atoms with van der Waals surface area (Å²) in [5, 5.41) is 0. The fraction of sp³-hybridized carbons (Fsp3) is 1.00. The van der Waals surface area contributed by atoms with Crippen molar-refractivity contribution in [3.05, 3.63) is 0 Å². The van der Waals surface area contributed by atoms with Gasteiger partial charge in [-0.25, -0.2) is 0 Å². The molecule has 0 N–H and O–H groups in total. The van der Waals surface area contributed by atoms with Gasteiger partial charge >= 0.3 is 0 Å². The van der Waals surface area contributed by atoms with Crippen LogP contribution in [0.15, 0.2) is 0 Å². The summed E-state index contributed by atoms with van der Waals surface area (Å²) >= 11 is 0. The molecule has 0 unspecified atom stereocenters. The van der Waals surface area contributed by atoms with E-state index in [9.17, 15) is 0 Å². The van der Waals surface area contributed by atoms with E-state index in [0.29, 0.717) is 0 Å². The highest BCUT2D eigenvalue weighted by atomic mass is 15.1. The first kappa shape index (κ1) is 10.5. The lowest BCUT2D eigenvalue weighted by atomic mass is 9.83. The van der Waals surface area contributed by atoms with E-state index < -0.39 is 0 Å². The van der Waals surface area contributed by atoms with Crippen LogP contribution >= 0.6 is 0 Å². The summed E-state index contributed by atoms with van der Waals surface area (Å²) in [4.78, 5) is 2.74. The van der Waals surface area contributed by atoms with Gasteiger partial charge in [-0.15, -0.1) is 0 Å². The van der Waals surface area contributed by atoms with Gasteiger partial charge in [-0.3, -0.25) is 0 Å². The lowest BCUT2D eigenvalue weighted by Gasteiger charge is -2.36. The fourth-order valence-electron chi connectivity index (χ4n) is 2.65. The van der Waals surface area contributed by atoms with Gasteiger partial charge < -0.3 is 4.90 Å². The lowest BCUT2D eigenvalue weighted by Crippen LogP contribution is -2.38. The van der Waals surface area contributed by atoms with Crippen molar-refractivity contribution in [2.75, 3.05) is 19.6 Å². The summed E-state index contributed by atoms with van der Waals surface area (Å²) in [6.45, 7) is 6.47. The van der Waals surface area contributed by atoms with E-state index in [4.69, 9.17) is 0 Å². The average molecular weight is 195 g/mol. The Kier molecular flexibility index (Phi) is 3.86. The number of rotatable bonds is 6. The summed E-state index contributed by atoms with van der Waals surface area (Å²) in [7, 11) is 0. The van der Waals surface area contributed by atoms with E-state index in [0.717, 1.165) is 11.8 Å². The highest BCUT2D eigenvalue weighted by Gasteiger charge is 2.24. The second-order valence-corrected chi connectivity index (χ2v) is 5.35. The third-order valence-electron chi connectivity index (χ3n) is 4.02. The molecule has 0 aromatic carbocycles. The molecule has 0 heterocycles. The van der Waals surface area contributed by atoms with Gasteiger partial charge in [-0.05, 0) is 50.5 Å². The minimum Gasteiger partial charge on any atom is -0.303 e. The molecule has 0 atom stereocenters. The second-order valence-electron chi connectivity index (χ2n) is 5.35. The molecule has 0 aromatic rings. The first-order valence-corrected chi connectivity index (χ1v) is 6.61. The molecule has 0 aliphatic heterocycles. The van der Waals surface area contributed by atoms with Crippen LogP contribution in [0.4, 0.5) is 0 Å². The first-order valence-electron chi connectivity index (χ1n) is 6.61. The molecule has 14 heavy (non-hydrogen) atoms. The van der Waals surface area contributed by atoms with Crippen molar-refractivity contribution in [1.29, 1.82) is 0 Å². The zero-order chi connectivity index (χ0) is 9.80. The minimum absolute atomic E-state index is 1.06. The van der Waals surface area contributed by atoms with Crippen molar-refractivity contribution in [1.82, 2.24) is 4.90 Å². The SMILES string of the molecule is CCCN(CC1CCC1)CC1CCC1. The Hall–Kier alpha value is -0.0400. The fourth-order valence-corrected chi connectivity index (χ4v) is 2.65. The van der Waals surface area contributed by atoms with Crippen LogP contribution in [-0.2, 0) is 0 Å². The molecule has 2 aliphatic carbocycles. The summed E-state index contributed by atoms with van der Waals surface area (Å²) in [6.07, 6.45) is 10.3. The molecule has 0 saturated heterocycles. The molecule has 2 saturated carbocycles. The molecule has 0 spiro atoms. The van der Waals surface area contributed by atoms with Gasteiger partial charge in [0.15, 0.2) is 0 Å². The molecule has 2 aliphatic rings. The van der Waals surface area contributed by atoms with Crippen LogP contribution < -0.4 is 0 Å². The van der Waals surface area contributed by atoms with E-state index in [1.807, 2.05) is 0 Å². The quantitative estimate of drug-likeness (QED) is 0.628. The second kappa shape index (κ2) is 5.16. The van der Waals surface area contributed by atoms with Gasteiger partial charge in [0.05, 0.1) is 0 Å². The van der Waals surface area contributed by atoms with Crippen LogP contribution in [0.5, 0.6) is 0 Å². The smallest absolute Gasteiger partial charge is 0.000977 e. The molecule has 82 valence electrons. The van der Waals surface area contributed by atoms with Gasteiger partial charge in [0, 0.05) is 13.1 Å². The van der Waals surface area contributed by atoms with Gasteiger partial charge in [-0.1, -0.05) is 19.8 Å². The molecule has 1 nitrogen and oxygen atoms in total. The average Bonchev–Trinajstić information content (AvgIpc) is 2.03. The standard InChI is InChI=1S/C13H25N/c1-2-9-14(10-12-5-3-6-12)11-13-7-4-8-13/h12-13H,2-11H2,1H3. The molecular weight excluding hydrogens is 170 g/mol. The Balaban J connectivity index is 1.67. The summed E-state index contributed by atoms with van der Waals surface area (Å²) in [5.74, 6) is 2.11. The van der Waals surface area contributed by atoms with Crippen LogP contribution in [0, 0.1) is 11.8 Å². The van der Waals surface area contributed by atoms with Gasteiger partial charge in [-0.2, -0.15) is 0 Å². The molecular formula is C13H25N. The van der Waals surface area contributed by atoms with Crippen molar-refractivity contribution < 1.29 is 0 Å². The van der Waals surface area contributed by atoms with E-state index in [-0.39, 0.29) is 0 Å². The predicted octanol–water partition coefficient (Wildman–Crippen LogP) is 3.30. The van der Waals surface area contributed by atoms with Crippen molar-refractivity contribution >= 4 is 0 Å². The first-order chi connectivity index (χ1) is 6.88. The number of hydrogen-bond acceptors (Lipinski definition) is 1. The molecule has 0 amide bonds. The van der Waals surface area contributed by atoms with Crippen molar-refractivity contribution in [2.45, 2.75) is 51.9 Å². The van der Waals surface area contributed by atoms with E-state index in [1.54, 1.807) is 0 Å². The highest BCUT2D eigenvalue weighted by Crippen LogP contribution is 2.30. The van der Waals surface area contributed by atoms with Crippen LogP contribution in [0.3, 0.4) is 0 Å². The molecule has 2 rings (SSSR count). The Labute approximate surface area is 88.9 Å². The van der Waals surface area contributed by atoms with Crippen LogP contribution in [0.2, 0.25) is 0 Å². The van der Waals surface area contributed by atoms with E-state index in [2.05, 4.69) is 11.8 Å². The monoisotopic (exact) mass is 195 g/mol. The Morgan fingerprint density at radius 3 is 1.71 bits per heavy atom. The van der Waals surface area contributed by atoms with Gasteiger partial charge in [0.25, 0.3) is 0 Å². The Bertz CT molecular complexity index is 143. The maximum Gasteiger partial charge on any atom is 0.000977 e. The van der Waals surface area contributed by atoms with Crippen LogP contribution in [-0.4, -0.2) is 24.5 Å². The maximum atomic E-state index is 2.74. The van der Waals surface area contributed by atoms with E-state index in [1.165, 1.54) is 64.6 Å². The van der Waals surface area contributed by atoms with E-state index >= 15 is 0 Å². The van der Waals surface area contributed by atoms with Crippen molar-refractivity contribution in [3.63, 3.8) is 0 Å². The zero-order valence-electron chi connectivity index (χ0n) is 9.67. The number of hydrogen-bond donors (Lipinski definition) is 0. The third-order valence-corrected chi connectivity index (χ3v) is 4.02. The van der Waals surface area contributed by atoms with Gasteiger partial charge in [0.1, 0.15) is 0 Å². The largest absolute Gasteiger partial charge is 0.303 e. The molecule has 2 fully saturated rings. The number of nitrogens with zero attached hydrogens (tertiary/aromatic N) is 1. The van der Waals surface area contributed by atoms with Crippen LogP contribution in [0.25, 0.3) is 0 Å². The molecule has 1 heteroatoms. The highest BCUT2D eigenvalue weighted by molar-refractivity contribution is 4.78. The third kappa shape index (κ3) is 2.73. The zero-order valence-corrected chi connectivity index (χ0v) is 9.67. The van der Waals surface area contributed by atoms with Crippen molar-refractivity contribution in [3.8, 4) is 0 Å². The maximum absolute atomic E-state index is 2.74. The summed E-state index contributed by atoms with van der Waals surface area (Å²) in [5.41, 5.74) is 0. The predicted molar refractivity (Wildman–Crippen MR) is 61.4 cm³/mol. The normalized spacial score (nSPS) is 23.6. The Morgan fingerprint density at radius 1 is 0.929 bits per heavy atom. The minimum atomic E-state index is 1.06. The topological polar surface area (TPSA) is 3.24 Å². The molecule has 0 radical (unpaired) electrons. The van der Waals surface area contributed by atoms with Crippen molar-refractivity contribution in [2.24, 2.45) is 11.8 Å². The Morgan fingerprint density at radius 2 is 1.43 bits per heavy atom. The molecule has 0 aromatic heterocycles. The van der Waals surface area contributed by atoms with Crippen LogP contribution in [0.1, 0.15) is 51.9 Å².